The maximum atomic E-state index is 10.7. The van der Waals surface area contributed by atoms with E-state index in [1.54, 1.807) is 19.3 Å². The van der Waals surface area contributed by atoms with Gasteiger partial charge in [0.05, 0.1) is 18.6 Å². The number of methoxy groups -OCH3 is 1. The van der Waals surface area contributed by atoms with E-state index in [0.29, 0.717) is 16.5 Å². The van der Waals surface area contributed by atoms with Crippen molar-refractivity contribution in [2.45, 2.75) is 6.42 Å². The number of benzene rings is 4. The van der Waals surface area contributed by atoms with Gasteiger partial charge in [-0.3, -0.25) is 4.79 Å². The summed E-state index contributed by atoms with van der Waals surface area (Å²) in [5.74, 6) is 1.17. The van der Waals surface area contributed by atoms with E-state index < -0.39 is 5.97 Å². The SMILES string of the molecule is COc1ccc(-c2ccc3ccccc3c2Oc2ccc(/C=C/CC(=O)O)cc2)cc1Cl. The van der Waals surface area contributed by atoms with Crippen LogP contribution in [-0.4, -0.2) is 18.2 Å². The van der Waals surface area contributed by atoms with Crippen LogP contribution >= 0.6 is 11.6 Å². The van der Waals surface area contributed by atoms with Gasteiger partial charge >= 0.3 is 5.97 Å². The molecule has 0 aromatic heterocycles. The van der Waals surface area contributed by atoms with Crippen LogP contribution in [0.25, 0.3) is 28.0 Å². The molecule has 160 valence electrons. The Bertz CT molecular complexity index is 1290. The molecular formula is C27H21ClO4. The summed E-state index contributed by atoms with van der Waals surface area (Å²) in [5.41, 5.74) is 2.74. The number of carboxylic acid groups (broad SMARTS) is 1. The number of carboxylic acids is 1. The lowest BCUT2D eigenvalue weighted by molar-refractivity contribution is -0.135. The van der Waals surface area contributed by atoms with Crippen LogP contribution in [0.15, 0.2) is 84.9 Å². The maximum absolute atomic E-state index is 10.7. The third-order valence-corrected chi connectivity index (χ3v) is 5.34. The molecule has 0 aliphatic rings. The highest BCUT2D eigenvalue weighted by Crippen LogP contribution is 2.41. The van der Waals surface area contributed by atoms with E-state index in [2.05, 4.69) is 6.07 Å². The molecule has 0 spiro atoms. The molecule has 0 saturated heterocycles. The minimum Gasteiger partial charge on any atom is -0.495 e. The topological polar surface area (TPSA) is 55.8 Å². The van der Waals surface area contributed by atoms with E-state index in [1.165, 1.54) is 0 Å². The molecule has 0 aliphatic carbocycles. The predicted molar refractivity (Wildman–Crippen MR) is 129 cm³/mol. The van der Waals surface area contributed by atoms with Crippen molar-refractivity contribution in [1.29, 1.82) is 0 Å². The molecule has 4 nitrogen and oxygen atoms in total. The smallest absolute Gasteiger partial charge is 0.307 e. The van der Waals surface area contributed by atoms with Crippen molar-refractivity contribution < 1.29 is 19.4 Å². The molecule has 4 rings (SSSR count). The zero-order valence-electron chi connectivity index (χ0n) is 17.4. The monoisotopic (exact) mass is 444 g/mol. The van der Waals surface area contributed by atoms with E-state index in [1.807, 2.05) is 72.8 Å². The van der Waals surface area contributed by atoms with Gasteiger partial charge in [0.1, 0.15) is 17.2 Å². The lowest BCUT2D eigenvalue weighted by atomic mass is 9.99. The fourth-order valence-corrected chi connectivity index (χ4v) is 3.73. The average molecular weight is 445 g/mol. The quantitative estimate of drug-likeness (QED) is 0.321. The van der Waals surface area contributed by atoms with Gasteiger partial charge in [0.25, 0.3) is 0 Å². The van der Waals surface area contributed by atoms with Crippen molar-refractivity contribution in [3.8, 4) is 28.4 Å². The predicted octanol–water partition coefficient (Wildman–Crippen LogP) is 7.45. The molecule has 4 aromatic carbocycles. The van der Waals surface area contributed by atoms with Crippen molar-refractivity contribution in [3.63, 3.8) is 0 Å². The van der Waals surface area contributed by atoms with Gasteiger partial charge in [-0.05, 0) is 46.8 Å². The van der Waals surface area contributed by atoms with Gasteiger partial charge in [-0.15, -0.1) is 0 Å². The van der Waals surface area contributed by atoms with Crippen LogP contribution in [-0.2, 0) is 4.79 Å². The first-order chi connectivity index (χ1) is 15.5. The van der Waals surface area contributed by atoms with Gasteiger partial charge in [0.2, 0.25) is 0 Å². The van der Waals surface area contributed by atoms with E-state index in [-0.39, 0.29) is 6.42 Å². The molecule has 0 bridgehead atoms. The molecule has 0 aliphatic heterocycles. The number of fused-ring (bicyclic) bond motifs is 1. The molecule has 0 amide bonds. The molecule has 5 heteroatoms. The molecule has 1 N–H and O–H groups in total. The van der Waals surface area contributed by atoms with Crippen molar-refractivity contribution in [1.82, 2.24) is 0 Å². The summed E-state index contributed by atoms with van der Waals surface area (Å²) in [5, 5.41) is 11.4. The van der Waals surface area contributed by atoms with Crippen molar-refractivity contribution >= 4 is 34.4 Å². The Morgan fingerprint density at radius 3 is 2.50 bits per heavy atom. The van der Waals surface area contributed by atoms with Gasteiger partial charge in [-0.25, -0.2) is 0 Å². The number of hydrogen-bond acceptors (Lipinski definition) is 3. The minimum atomic E-state index is -0.858. The summed E-state index contributed by atoms with van der Waals surface area (Å²) in [7, 11) is 1.59. The Hall–Kier alpha value is -3.76. The second-order valence-corrected chi connectivity index (χ2v) is 7.59. The summed E-state index contributed by atoms with van der Waals surface area (Å²) in [6.07, 6.45) is 3.39. The van der Waals surface area contributed by atoms with Crippen molar-refractivity contribution in [2.75, 3.05) is 7.11 Å². The van der Waals surface area contributed by atoms with Crippen LogP contribution in [0, 0.1) is 0 Å². The van der Waals surface area contributed by atoms with Crippen LogP contribution in [0.5, 0.6) is 17.2 Å². The minimum absolute atomic E-state index is 0.0119. The Morgan fingerprint density at radius 2 is 1.78 bits per heavy atom. The largest absolute Gasteiger partial charge is 0.495 e. The van der Waals surface area contributed by atoms with Gasteiger partial charge < -0.3 is 14.6 Å². The van der Waals surface area contributed by atoms with Crippen LogP contribution in [0.3, 0.4) is 0 Å². The number of ether oxygens (including phenoxy) is 2. The highest BCUT2D eigenvalue weighted by atomic mass is 35.5. The summed E-state index contributed by atoms with van der Waals surface area (Å²) >= 11 is 6.38. The molecule has 32 heavy (non-hydrogen) atoms. The second-order valence-electron chi connectivity index (χ2n) is 7.18. The zero-order chi connectivity index (χ0) is 22.5. The van der Waals surface area contributed by atoms with Gasteiger partial charge in [-0.2, -0.15) is 0 Å². The third kappa shape index (κ3) is 4.76. The summed E-state index contributed by atoms with van der Waals surface area (Å²) in [4.78, 5) is 10.7. The van der Waals surface area contributed by atoms with Gasteiger partial charge in [0, 0.05) is 10.9 Å². The molecule has 0 heterocycles. The average Bonchev–Trinajstić information content (AvgIpc) is 2.80. The Kier molecular flexibility index (Phi) is 6.43. The Balaban J connectivity index is 1.72. The van der Waals surface area contributed by atoms with Crippen molar-refractivity contribution in [3.05, 3.63) is 95.5 Å². The summed E-state index contributed by atoms with van der Waals surface area (Å²) in [6, 6.07) is 25.3. The summed E-state index contributed by atoms with van der Waals surface area (Å²) < 4.78 is 11.7. The molecule has 0 unspecified atom stereocenters. The normalized spacial score (nSPS) is 11.1. The lowest BCUT2D eigenvalue weighted by Crippen LogP contribution is -1.92. The van der Waals surface area contributed by atoms with E-state index in [9.17, 15) is 4.79 Å². The first-order valence-corrected chi connectivity index (χ1v) is 10.4. The van der Waals surface area contributed by atoms with Crippen LogP contribution in [0.1, 0.15) is 12.0 Å². The van der Waals surface area contributed by atoms with E-state index in [4.69, 9.17) is 26.2 Å². The first-order valence-electron chi connectivity index (χ1n) is 10.1. The Labute approximate surface area is 191 Å². The zero-order valence-corrected chi connectivity index (χ0v) is 18.2. The van der Waals surface area contributed by atoms with E-state index >= 15 is 0 Å². The number of carbonyl (C=O) groups is 1. The standard InChI is InChI=1S/C27H21ClO4/c1-31-25-16-12-20(17-24(25)28)23-15-11-19-6-2-3-7-22(19)27(23)32-21-13-9-18(10-14-21)5-4-8-26(29)30/h2-7,9-17H,8H2,1H3,(H,29,30)/b5-4+. The number of hydrogen-bond donors (Lipinski definition) is 1. The van der Waals surface area contributed by atoms with E-state index in [0.717, 1.165) is 33.2 Å². The number of aliphatic carboxylic acids is 1. The fourth-order valence-electron chi connectivity index (χ4n) is 3.47. The second kappa shape index (κ2) is 9.58. The summed E-state index contributed by atoms with van der Waals surface area (Å²) in [6.45, 7) is 0. The lowest BCUT2D eigenvalue weighted by Gasteiger charge is -2.15. The molecule has 4 aromatic rings. The van der Waals surface area contributed by atoms with Crippen molar-refractivity contribution in [2.24, 2.45) is 0 Å². The fraction of sp³-hybridized carbons (Fsp3) is 0.0741. The molecule has 0 atom stereocenters. The Morgan fingerprint density at radius 1 is 1.00 bits per heavy atom. The number of halogens is 1. The van der Waals surface area contributed by atoms with Gasteiger partial charge in [-0.1, -0.05) is 72.3 Å². The number of rotatable bonds is 7. The van der Waals surface area contributed by atoms with Crippen LogP contribution in [0.2, 0.25) is 5.02 Å². The molecular weight excluding hydrogens is 424 g/mol. The molecule has 0 saturated carbocycles. The maximum Gasteiger partial charge on any atom is 0.307 e. The van der Waals surface area contributed by atoms with Crippen LogP contribution < -0.4 is 9.47 Å². The highest BCUT2D eigenvalue weighted by Gasteiger charge is 2.14. The molecule has 0 fully saturated rings. The first kappa shape index (κ1) is 21.5. The third-order valence-electron chi connectivity index (χ3n) is 5.05. The van der Waals surface area contributed by atoms with Crippen LogP contribution in [0.4, 0.5) is 0 Å². The van der Waals surface area contributed by atoms with Gasteiger partial charge in [0.15, 0.2) is 0 Å². The highest BCUT2D eigenvalue weighted by molar-refractivity contribution is 6.32. The molecule has 0 radical (unpaired) electrons.